The van der Waals surface area contributed by atoms with Crippen molar-refractivity contribution in [3.63, 3.8) is 0 Å². The zero-order chi connectivity index (χ0) is 14.5. The van der Waals surface area contributed by atoms with Gasteiger partial charge in [0.15, 0.2) is 0 Å². The first-order valence-corrected chi connectivity index (χ1v) is 7.45. The van der Waals surface area contributed by atoms with Crippen LogP contribution in [0.2, 0.25) is 5.02 Å². The monoisotopic (exact) mass is 300 g/mol. The molecule has 0 radical (unpaired) electrons. The maximum atomic E-state index is 5.97. The zero-order valence-corrected chi connectivity index (χ0v) is 12.4. The van der Waals surface area contributed by atoms with Gasteiger partial charge >= 0.3 is 0 Å². The van der Waals surface area contributed by atoms with Crippen LogP contribution in [0, 0.1) is 0 Å². The highest BCUT2D eigenvalue weighted by Crippen LogP contribution is 2.17. The number of nitrogens with zero attached hydrogens (tertiary/aromatic N) is 1. The number of ether oxygens (including phenoxy) is 1. The Morgan fingerprint density at radius 3 is 2.86 bits per heavy atom. The lowest BCUT2D eigenvalue weighted by Crippen LogP contribution is -2.30. The van der Waals surface area contributed by atoms with Gasteiger partial charge in [-0.2, -0.15) is 0 Å². The van der Waals surface area contributed by atoms with E-state index in [2.05, 4.69) is 10.3 Å². The first-order valence-electron chi connectivity index (χ1n) is 7.07. The second-order valence-electron chi connectivity index (χ2n) is 4.96. The fraction of sp³-hybridized carbons (Fsp3) is 0.235. The molecule has 1 heterocycles. The van der Waals surface area contributed by atoms with Gasteiger partial charge in [-0.3, -0.25) is 4.99 Å². The van der Waals surface area contributed by atoms with Gasteiger partial charge in [0.05, 0.1) is 0 Å². The highest BCUT2D eigenvalue weighted by atomic mass is 35.5. The smallest absolute Gasteiger partial charge is 0.128 e. The second-order valence-corrected chi connectivity index (χ2v) is 5.39. The minimum absolute atomic E-state index is 0.504. The normalized spacial score (nSPS) is 14.2. The number of aliphatic imine (C=N–C) groups is 1. The zero-order valence-electron chi connectivity index (χ0n) is 11.7. The van der Waals surface area contributed by atoms with Gasteiger partial charge in [-0.25, -0.2) is 0 Å². The van der Waals surface area contributed by atoms with Crippen LogP contribution in [0.5, 0.6) is 5.75 Å². The lowest BCUT2D eigenvalue weighted by Gasteiger charge is -2.15. The molecule has 0 spiro atoms. The summed E-state index contributed by atoms with van der Waals surface area (Å²) in [4.78, 5) is 4.50. The van der Waals surface area contributed by atoms with E-state index in [4.69, 9.17) is 16.3 Å². The topological polar surface area (TPSA) is 33.6 Å². The Bertz CT molecular complexity index is 655. The first-order chi connectivity index (χ1) is 10.3. The molecule has 0 unspecified atom stereocenters. The summed E-state index contributed by atoms with van der Waals surface area (Å²) in [6, 6.07) is 15.7. The molecular weight excluding hydrogens is 284 g/mol. The lowest BCUT2D eigenvalue weighted by atomic mass is 10.1. The summed E-state index contributed by atoms with van der Waals surface area (Å²) in [7, 11) is 0. The van der Waals surface area contributed by atoms with Crippen molar-refractivity contribution >= 4 is 17.4 Å². The number of halogens is 1. The molecule has 0 saturated carbocycles. The summed E-state index contributed by atoms with van der Waals surface area (Å²) in [6.07, 6.45) is 1.09. The molecule has 3 rings (SSSR count). The van der Waals surface area contributed by atoms with Crippen molar-refractivity contribution in [1.29, 1.82) is 0 Å². The van der Waals surface area contributed by atoms with E-state index >= 15 is 0 Å². The van der Waals surface area contributed by atoms with E-state index in [0.29, 0.717) is 6.61 Å². The van der Waals surface area contributed by atoms with Gasteiger partial charge in [-0.05, 0) is 36.2 Å². The highest BCUT2D eigenvalue weighted by molar-refractivity contribution is 6.30. The van der Waals surface area contributed by atoms with Gasteiger partial charge in [-0.15, -0.1) is 0 Å². The average Bonchev–Trinajstić information content (AvgIpc) is 2.54. The number of nitrogens with one attached hydrogen (secondary N) is 1. The van der Waals surface area contributed by atoms with E-state index < -0.39 is 0 Å². The van der Waals surface area contributed by atoms with Crippen LogP contribution in [0.3, 0.4) is 0 Å². The summed E-state index contributed by atoms with van der Waals surface area (Å²) in [5.74, 6) is 1.79. The third kappa shape index (κ3) is 3.76. The number of rotatable bonds is 4. The number of benzene rings is 2. The van der Waals surface area contributed by atoms with Gasteiger partial charge in [0.1, 0.15) is 18.2 Å². The molecule has 2 aromatic rings. The van der Waals surface area contributed by atoms with Crippen LogP contribution in [0.25, 0.3) is 0 Å². The van der Waals surface area contributed by atoms with Gasteiger partial charge in [-0.1, -0.05) is 35.9 Å². The minimum Gasteiger partial charge on any atom is -0.489 e. The number of hydrogen-bond acceptors (Lipinski definition) is 3. The SMILES string of the molecule is Clc1cccc(COc2cccc(C3=NCCCN3)c2)c1. The minimum atomic E-state index is 0.504. The Morgan fingerprint density at radius 2 is 2.05 bits per heavy atom. The molecule has 2 aromatic carbocycles. The molecular formula is C17H17ClN2O. The second kappa shape index (κ2) is 6.64. The molecule has 0 bridgehead atoms. The van der Waals surface area contributed by atoms with Gasteiger partial charge < -0.3 is 10.1 Å². The van der Waals surface area contributed by atoms with E-state index in [-0.39, 0.29) is 0 Å². The molecule has 21 heavy (non-hydrogen) atoms. The van der Waals surface area contributed by atoms with E-state index in [1.165, 1.54) is 0 Å². The van der Waals surface area contributed by atoms with Gasteiger partial charge in [0, 0.05) is 23.7 Å². The number of amidine groups is 1. The Morgan fingerprint density at radius 1 is 1.14 bits per heavy atom. The molecule has 0 aromatic heterocycles. The largest absolute Gasteiger partial charge is 0.489 e. The molecule has 1 N–H and O–H groups in total. The maximum absolute atomic E-state index is 5.97. The molecule has 0 saturated heterocycles. The standard InChI is InChI=1S/C17H17ClN2O/c18-15-6-1-4-13(10-15)12-21-16-7-2-5-14(11-16)17-19-8-3-9-20-17/h1-2,4-7,10-11H,3,8-9,12H2,(H,19,20). The van der Waals surface area contributed by atoms with Crippen molar-refractivity contribution in [3.8, 4) is 5.75 Å². The van der Waals surface area contributed by atoms with Crippen LogP contribution < -0.4 is 10.1 Å². The van der Waals surface area contributed by atoms with Crippen molar-refractivity contribution < 1.29 is 4.74 Å². The van der Waals surface area contributed by atoms with Crippen LogP contribution in [0.4, 0.5) is 0 Å². The van der Waals surface area contributed by atoms with Crippen molar-refractivity contribution in [1.82, 2.24) is 5.32 Å². The molecule has 4 heteroatoms. The highest BCUT2D eigenvalue weighted by Gasteiger charge is 2.07. The Balaban J connectivity index is 1.70. The van der Waals surface area contributed by atoms with E-state index in [1.54, 1.807) is 0 Å². The Labute approximate surface area is 129 Å². The van der Waals surface area contributed by atoms with Crippen molar-refractivity contribution in [3.05, 3.63) is 64.7 Å². The van der Waals surface area contributed by atoms with Crippen LogP contribution in [-0.4, -0.2) is 18.9 Å². The third-order valence-corrected chi connectivity index (χ3v) is 3.53. The molecule has 108 valence electrons. The molecule has 1 aliphatic rings. The Hall–Kier alpha value is -2.00. The van der Waals surface area contributed by atoms with Crippen LogP contribution in [-0.2, 0) is 6.61 Å². The molecule has 0 fully saturated rings. The summed E-state index contributed by atoms with van der Waals surface area (Å²) >= 11 is 5.97. The van der Waals surface area contributed by atoms with Crippen molar-refractivity contribution in [2.24, 2.45) is 4.99 Å². The fourth-order valence-corrected chi connectivity index (χ4v) is 2.47. The van der Waals surface area contributed by atoms with E-state index in [0.717, 1.165) is 47.2 Å². The quantitative estimate of drug-likeness (QED) is 0.935. The molecule has 3 nitrogen and oxygen atoms in total. The molecule has 0 aliphatic carbocycles. The summed E-state index contributed by atoms with van der Waals surface area (Å²) in [5.41, 5.74) is 2.12. The lowest BCUT2D eigenvalue weighted by molar-refractivity contribution is 0.306. The average molecular weight is 301 g/mol. The molecule has 1 aliphatic heterocycles. The summed E-state index contributed by atoms with van der Waals surface area (Å²) in [6.45, 7) is 2.37. The van der Waals surface area contributed by atoms with Gasteiger partial charge in [0.25, 0.3) is 0 Å². The van der Waals surface area contributed by atoms with Crippen LogP contribution in [0.15, 0.2) is 53.5 Å². The predicted octanol–water partition coefficient (Wildman–Crippen LogP) is 3.66. The van der Waals surface area contributed by atoms with Gasteiger partial charge in [0.2, 0.25) is 0 Å². The molecule has 0 amide bonds. The van der Waals surface area contributed by atoms with Crippen LogP contribution >= 0.6 is 11.6 Å². The summed E-state index contributed by atoms with van der Waals surface area (Å²) < 4.78 is 5.84. The summed E-state index contributed by atoms with van der Waals surface area (Å²) in [5, 5.41) is 4.05. The predicted molar refractivity (Wildman–Crippen MR) is 86.2 cm³/mol. The van der Waals surface area contributed by atoms with Crippen molar-refractivity contribution in [2.75, 3.05) is 13.1 Å². The van der Waals surface area contributed by atoms with Crippen LogP contribution in [0.1, 0.15) is 17.5 Å². The van der Waals surface area contributed by atoms with E-state index in [1.807, 2.05) is 48.5 Å². The maximum Gasteiger partial charge on any atom is 0.128 e. The molecule has 0 atom stereocenters. The van der Waals surface area contributed by atoms with E-state index in [9.17, 15) is 0 Å². The van der Waals surface area contributed by atoms with Crippen molar-refractivity contribution in [2.45, 2.75) is 13.0 Å². The first kappa shape index (κ1) is 14.0. The fourth-order valence-electron chi connectivity index (χ4n) is 2.25. The Kier molecular flexibility index (Phi) is 4.41. The third-order valence-electron chi connectivity index (χ3n) is 3.30. The number of hydrogen-bond donors (Lipinski definition) is 1.